The summed E-state index contributed by atoms with van der Waals surface area (Å²) in [6.45, 7) is 0. The Morgan fingerprint density at radius 2 is 1.26 bits per heavy atom. The van der Waals surface area contributed by atoms with Gasteiger partial charge in [-0.2, -0.15) is 0 Å². The highest BCUT2D eigenvalue weighted by Gasteiger charge is 2.44. The van der Waals surface area contributed by atoms with Gasteiger partial charge in [0.15, 0.2) is 0 Å². The van der Waals surface area contributed by atoms with Crippen LogP contribution in [0.4, 0.5) is 0 Å². The van der Waals surface area contributed by atoms with E-state index in [1.807, 2.05) is 12.1 Å². The highest BCUT2D eigenvalue weighted by atomic mass is 16.3. The summed E-state index contributed by atoms with van der Waals surface area (Å²) < 4.78 is 0. The van der Waals surface area contributed by atoms with Gasteiger partial charge in [0, 0.05) is 12.8 Å². The lowest BCUT2D eigenvalue weighted by Gasteiger charge is -2.43. The van der Waals surface area contributed by atoms with Crippen LogP contribution in [0.2, 0.25) is 0 Å². The fourth-order valence-electron chi connectivity index (χ4n) is 5.95. The molecule has 0 aromatic heterocycles. The van der Waals surface area contributed by atoms with Crippen molar-refractivity contribution in [2.24, 2.45) is 11.5 Å². The number of hydrogen-bond donors (Lipinski definition) is 6. The number of amides is 5. The molecule has 1 saturated heterocycles. The van der Waals surface area contributed by atoms with Crippen LogP contribution in [0.15, 0.2) is 115 Å². The Hall–Kier alpha value is -6.01. The third-order valence-corrected chi connectivity index (χ3v) is 8.53. The van der Waals surface area contributed by atoms with Crippen LogP contribution in [0.5, 0.6) is 5.75 Å². The standard InChI is InChI=1S/C38H40N6O6/c39-29(20-26-16-18-28(45)19-17-26)38(50)44-32(23-33(46)43-35(44)27-14-8-3-9-15-27)37(49)42-31(22-25-12-6-2-7-13-25)36(48)41-30(34(40)47)21-24-10-4-1-5-11-24/h1-19,29-32,35,45H,20-23,39H2,(H2,40,47)(H,41,48)(H,42,49)(H,43,46)/t29-,30-,31-,32-,35?/m0/s1. The van der Waals surface area contributed by atoms with Gasteiger partial charge in [0.25, 0.3) is 0 Å². The Labute approximate surface area is 289 Å². The first-order chi connectivity index (χ1) is 24.1. The number of carbonyl (C=O) groups excluding carboxylic acids is 5. The van der Waals surface area contributed by atoms with Crippen molar-refractivity contribution in [3.63, 3.8) is 0 Å². The first-order valence-corrected chi connectivity index (χ1v) is 16.3. The van der Waals surface area contributed by atoms with E-state index in [2.05, 4.69) is 16.0 Å². The summed E-state index contributed by atoms with van der Waals surface area (Å²) in [6.07, 6.45) is -1.14. The molecule has 4 aromatic rings. The molecule has 1 aliphatic heterocycles. The van der Waals surface area contributed by atoms with Crippen LogP contribution in [0, 0.1) is 0 Å². The molecule has 5 amide bonds. The van der Waals surface area contributed by atoms with Gasteiger partial charge in [-0.15, -0.1) is 0 Å². The third-order valence-electron chi connectivity index (χ3n) is 8.53. The summed E-state index contributed by atoms with van der Waals surface area (Å²) in [4.78, 5) is 69.1. The van der Waals surface area contributed by atoms with Crippen LogP contribution in [0.1, 0.15) is 34.8 Å². The molecule has 1 heterocycles. The predicted octanol–water partition coefficient (Wildman–Crippen LogP) is 1.62. The quantitative estimate of drug-likeness (QED) is 0.124. The molecule has 0 spiro atoms. The van der Waals surface area contributed by atoms with Gasteiger partial charge in [0.05, 0.1) is 12.5 Å². The van der Waals surface area contributed by atoms with Crippen molar-refractivity contribution in [3.05, 3.63) is 138 Å². The molecule has 8 N–H and O–H groups in total. The van der Waals surface area contributed by atoms with Gasteiger partial charge in [0.1, 0.15) is 30.0 Å². The lowest BCUT2D eigenvalue weighted by molar-refractivity contribution is -0.153. The SMILES string of the molecule is NC(=O)[C@H](Cc1ccccc1)NC(=O)[C@H](Cc1ccccc1)NC(=O)[C@@H]1CC(=O)NC(c2ccccc2)N1C(=O)[C@@H](N)Cc1ccc(O)cc1. The zero-order valence-corrected chi connectivity index (χ0v) is 27.3. The Balaban J connectivity index is 1.43. The normalized spacial score (nSPS) is 17.5. The number of rotatable bonds is 13. The van der Waals surface area contributed by atoms with Gasteiger partial charge >= 0.3 is 0 Å². The maximum Gasteiger partial charge on any atom is 0.244 e. The monoisotopic (exact) mass is 676 g/mol. The highest BCUT2D eigenvalue weighted by Crippen LogP contribution is 2.28. The summed E-state index contributed by atoms with van der Waals surface area (Å²) in [5.74, 6) is -3.18. The Morgan fingerprint density at radius 3 is 1.82 bits per heavy atom. The molecule has 12 heteroatoms. The molecule has 1 fully saturated rings. The Kier molecular flexibility index (Phi) is 11.6. The molecule has 0 bridgehead atoms. The predicted molar refractivity (Wildman–Crippen MR) is 186 cm³/mol. The van der Waals surface area contributed by atoms with E-state index in [0.717, 1.165) is 11.1 Å². The van der Waals surface area contributed by atoms with Crippen LogP contribution < -0.4 is 27.4 Å². The molecule has 0 aliphatic carbocycles. The minimum Gasteiger partial charge on any atom is -0.508 e. The lowest BCUT2D eigenvalue weighted by atomic mass is 9.97. The first-order valence-electron chi connectivity index (χ1n) is 16.3. The van der Waals surface area contributed by atoms with Crippen molar-refractivity contribution in [1.29, 1.82) is 0 Å². The Bertz CT molecular complexity index is 1790. The van der Waals surface area contributed by atoms with Crippen LogP contribution in [0.25, 0.3) is 0 Å². The second-order valence-corrected chi connectivity index (χ2v) is 12.2. The van der Waals surface area contributed by atoms with Crippen LogP contribution in [0.3, 0.4) is 0 Å². The molecule has 1 aliphatic rings. The summed E-state index contributed by atoms with van der Waals surface area (Å²) in [5, 5.41) is 18.0. The lowest BCUT2D eigenvalue weighted by Crippen LogP contribution is -2.64. The summed E-state index contributed by atoms with van der Waals surface area (Å²) in [7, 11) is 0. The van der Waals surface area contributed by atoms with Crippen molar-refractivity contribution in [2.45, 2.75) is 56.0 Å². The second-order valence-electron chi connectivity index (χ2n) is 12.2. The first kappa shape index (κ1) is 35.3. The average Bonchev–Trinajstić information content (AvgIpc) is 3.12. The molecule has 5 rings (SSSR count). The van der Waals surface area contributed by atoms with Crippen molar-refractivity contribution in [3.8, 4) is 5.75 Å². The smallest absolute Gasteiger partial charge is 0.244 e. The van der Waals surface area contributed by atoms with E-state index in [-0.39, 0.29) is 31.4 Å². The number of phenolic OH excluding ortho intramolecular Hbond substituents is 1. The van der Waals surface area contributed by atoms with Crippen LogP contribution >= 0.6 is 0 Å². The van der Waals surface area contributed by atoms with Gasteiger partial charge < -0.3 is 37.4 Å². The maximum atomic E-state index is 14.2. The number of aromatic hydroxyl groups is 1. The van der Waals surface area contributed by atoms with Gasteiger partial charge in [0.2, 0.25) is 29.5 Å². The summed E-state index contributed by atoms with van der Waals surface area (Å²) in [6, 6.07) is 28.3. The summed E-state index contributed by atoms with van der Waals surface area (Å²) in [5.41, 5.74) is 14.9. The largest absolute Gasteiger partial charge is 0.508 e. The minimum atomic E-state index is -1.34. The second kappa shape index (κ2) is 16.4. The number of benzene rings is 4. The maximum absolute atomic E-state index is 14.2. The molecule has 0 radical (unpaired) electrons. The van der Waals surface area contributed by atoms with Crippen molar-refractivity contribution >= 4 is 29.5 Å². The van der Waals surface area contributed by atoms with Crippen molar-refractivity contribution in [2.75, 3.05) is 0 Å². The van der Waals surface area contributed by atoms with Crippen LogP contribution in [-0.2, 0) is 43.2 Å². The number of hydrogen-bond acceptors (Lipinski definition) is 7. The number of nitrogens with zero attached hydrogens (tertiary/aromatic N) is 1. The number of primary amides is 1. The fourth-order valence-corrected chi connectivity index (χ4v) is 5.95. The van der Waals surface area contributed by atoms with E-state index in [1.165, 1.54) is 17.0 Å². The molecule has 1 unspecified atom stereocenters. The number of carbonyl (C=O) groups is 5. The van der Waals surface area contributed by atoms with E-state index < -0.39 is 59.9 Å². The van der Waals surface area contributed by atoms with Crippen molar-refractivity contribution < 1.29 is 29.1 Å². The van der Waals surface area contributed by atoms with E-state index in [0.29, 0.717) is 11.1 Å². The Morgan fingerprint density at radius 1 is 0.740 bits per heavy atom. The van der Waals surface area contributed by atoms with E-state index in [9.17, 15) is 29.1 Å². The molecular weight excluding hydrogens is 636 g/mol. The van der Waals surface area contributed by atoms with Gasteiger partial charge in [-0.3, -0.25) is 24.0 Å². The molecule has 4 aromatic carbocycles. The number of nitrogens with two attached hydrogens (primary N) is 2. The van der Waals surface area contributed by atoms with Gasteiger partial charge in [-0.25, -0.2) is 0 Å². The minimum absolute atomic E-state index is 0.0462. The molecule has 12 nitrogen and oxygen atoms in total. The molecular formula is C38H40N6O6. The zero-order valence-electron chi connectivity index (χ0n) is 27.3. The van der Waals surface area contributed by atoms with E-state index >= 15 is 0 Å². The van der Waals surface area contributed by atoms with E-state index in [1.54, 1.807) is 91.0 Å². The van der Waals surface area contributed by atoms with Gasteiger partial charge in [-0.05, 0) is 40.8 Å². The third kappa shape index (κ3) is 9.11. The van der Waals surface area contributed by atoms with E-state index in [4.69, 9.17) is 11.5 Å². The molecule has 50 heavy (non-hydrogen) atoms. The topological polar surface area (TPSA) is 197 Å². The molecule has 0 saturated carbocycles. The highest BCUT2D eigenvalue weighted by molar-refractivity contribution is 5.98. The summed E-state index contributed by atoms with van der Waals surface area (Å²) >= 11 is 0. The zero-order chi connectivity index (χ0) is 35.6. The fraction of sp³-hybridized carbons (Fsp3) is 0.237. The van der Waals surface area contributed by atoms with Crippen LogP contribution in [-0.4, -0.2) is 63.7 Å². The van der Waals surface area contributed by atoms with Crippen molar-refractivity contribution in [1.82, 2.24) is 20.9 Å². The molecule has 5 atom stereocenters. The molecule has 258 valence electrons. The number of phenols is 1. The average molecular weight is 677 g/mol. The van der Waals surface area contributed by atoms with Gasteiger partial charge in [-0.1, -0.05) is 103 Å². The number of nitrogens with one attached hydrogen (secondary N) is 3.